The van der Waals surface area contributed by atoms with E-state index in [1.54, 1.807) is 6.07 Å². The van der Waals surface area contributed by atoms with Crippen molar-refractivity contribution >= 4 is 5.82 Å². The summed E-state index contributed by atoms with van der Waals surface area (Å²) in [5.41, 5.74) is 5.51. The average Bonchev–Trinajstić information content (AvgIpc) is 2.79. The lowest BCUT2D eigenvalue weighted by Gasteiger charge is -2.29. The fraction of sp³-hybridized carbons (Fsp3) is 0.636. The van der Waals surface area contributed by atoms with Gasteiger partial charge in [-0.1, -0.05) is 12.8 Å². The zero-order chi connectivity index (χ0) is 11.4. The van der Waals surface area contributed by atoms with Crippen LogP contribution in [0.5, 0.6) is 0 Å². The molecule has 0 radical (unpaired) electrons. The van der Waals surface area contributed by atoms with Crippen LogP contribution >= 0.6 is 0 Å². The van der Waals surface area contributed by atoms with E-state index in [4.69, 9.17) is 5.73 Å². The molecular formula is C11H18N4O. The van der Waals surface area contributed by atoms with Crippen molar-refractivity contribution < 1.29 is 0 Å². The highest BCUT2D eigenvalue weighted by atomic mass is 16.1. The Morgan fingerprint density at radius 1 is 1.50 bits per heavy atom. The predicted octanol–water partition coefficient (Wildman–Crippen LogP) is 0.478. The SMILES string of the molecule is NCCN(c1cc(=O)[nH]cn1)C1CCCC1. The van der Waals surface area contributed by atoms with Gasteiger partial charge in [-0.05, 0) is 12.8 Å². The molecular weight excluding hydrogens is 204 g/mol. The molecule has 16 heavy (non-hydrogen) atoms. The third-order valence-corrected chi connectivity index (χ3v) is 3.09. The topological polar surface area (TPSA) is 75.0 Å². The lowest BCUT2D eigenvalue weighted by Crippen LogP contribution is -2.38. The second-order valence-electron chi connectivity index (χ2n) is 4.19. The highest BCUT2D eigenvalue weighted by molar-refractivity contribution is 5.38. The van der Waals surface area contributed by atoms with Crippen LogP contribution in [0.3, 0.4) is 0 Å². The fourth-order valence-corrected chi connectivity index (χ4v) is 2.35. The van der Waals surface area contributed by atoms with Gasteiger partial charge in [0.15, 0.2) is 0 Å². The van der Waals surface area contributed by atoms with Crippen molar-refractivity contribution in [2.24, 2.45) is 5.73 Å². The summed E-state index contributed by atoms with van der Waals surface area (Å²) >= 11 is 0. The maximum atomic E-state index is 11.3. The highest BCUT2D eigenvalue weighted by Gasteiger charge is 2.23. The van der Waals surface area contributed by atoms with E-state index in [1.807, 2.05) is 0 Å². The molecule has 0 amide bonds. The Morgan fingerprint density at radius 3 is 2.88 bits per heavy atom. The van der Waals surface area contributed by atoms with Crippen LogP contribution in [0.1, 0.15) is 25.7 Å². The lowest BCUT2D eigenvalue weighted by atomic mass is 10.2. The van der Waals surface area contributed by atoms with Crippen molar-refractivity contribution in [3.8, 4) is 0 Å². The summed E-state index contributed by atoms with van der Waals surface area (Å²) in [4.78, 5) is 20.2. The molecule has 0 unspecified atom stereocenters. The Labute approximate surface area is 94.7 Å². The molecule has 0 saturated heterocycles. The van der Waals surface area contributed by atoms with Gasteiger partial charge >= 0.3 is 0 Å². The minimum Gasteiger partial charge on any atom is -0.352 e. The van der Waals surface area contributed by atoms with Crippen molar-refractivity contribution in [1.82, 2.24) is 9.97 Å². The number of aromatic amines is 1. The lowest BCUT2D eigenvalue weighted by molar-refractivity contribution is 0.601. The Kier molecular flexibility index (Phi) is 3.56. The van der Waals surface area contributed by atoms with Crippen LogP contribution in [-0.2, 0) is 0 Å². The molecule has 5 heteroatoms. The second-order valence-corrected chi connectivity index (χ2v) is 4.19. The van der Waals surface area contributed by atoms with E-state index in [-0.39, 0.29) is 5.56 Å². The van der Waals surface area contributed by atoms with Gasteiger partial charge in [-0.25, -0.2) is 4.98 Å². The summed E-state index contributed by atoms with van der Waals surface area (Å²) in [5, 5.41) is 0. The van der Waals surface area contributed by atoms with Crippen LogP contribution in [0, 0.1) is 0 Å². The minimum absolute atomic E-state index is 0.106. The van der Waals surface area contributed by atoms with E-state index >= 15 is 0 Å². The first-order chi connectivity index (χ1) is 7.81. The Balaban J connectivity index is 2.20. The summed E-state index contributed by atoms with van der Waals surface area (Å²) in [7, 11) is 0. The zero-order valence-corrected chi connectivity index (χ0v) is 9.35. The maximum absolute atomic E-state index is 11.3. The first kappa shape index (κ1) is 11.1. The molecule has 2 rings (SSSR count). The largest absolute Gasteiger partial charge is 0.352 e. The molecule has 1 aliphatic carbocycles. The summed E-state index contributed by atoms with van der Waals surface area (Å²) in [6.45, 7) is 1.35. The number of nitrogens with zero attached hydrogens (tertiary/aromatic N) is 2. The molecule has 1 saturated carbocycles. The molecule has 3 N–H and O–H groups in total. The molecule has 1 heterocycles. The molecule has 0 atom stereocenters. The van der Waals surface area contributed by atoms with E-state index < -0.39 is 0 Å². The van der Waals surface area contributed by atoms with E-state index in [1.165, 1.54) is 32.0 Å². The minimum atomic E-state index is -0.106. The van der Waals surface area contributed by atoms with Crippen molar-refractivity contribution in [3.05, 3.63) is 22.7 Å². The normalized spacial score (nSPS) is 16.6. The molecule has 0 aromatic carbocycles. The van der Waals surface area contributed by atoms with Crippen molar-refractivity contribution in [2.45, 2.75) is 31.7 Å². The molecule has 0 spiro atoms. The van der Waals surface area contributed by atoms with Crippen LogP contribution in [0.15, 0.2) is 17.2 Å². The average molecular weight is 222 g/mol. The predicted molar refractivity (Wildman–Crippen MR) is 63.5 cm³/mol. The van der Waals surface area contributed by atoms with E-state index in [2.05, 4.69) is 14.9 Å². The van der Waals surface area contributed by atoms with Gasteiger partial charge in [0.05, 0.1) is 6.33 Å². The molecule has 0 aliphatic heterocycles. The maximum Gasteiger partial charge on any atom is 0.252 e. The van der Waals surface area contributed by atoms with E-state index in [9.17, 15) is 4.79 Å². The smallest absolute Gasteiger partial charge is 0.252 e. The molecule has 1 aliphatic rings. The molecule has 1 aromatic heterocycles. The van der Waals surface area contributed by atoms with Gasteiger partial charge in [-0.2, -0.15) is 0 Å². The molecule has 0 bridgehead atoms. The number of hydrogen-bond donors (Lipinski definition) is 2. The quantitative estimate of drug-likeness (QED) is 0.777. The Bertz CT molecular complexity index is 384. The summed E-state index contributed by atoms with van der Waals surface area (Å²) in [6.07, 6.45) is 6.32. The molecule has 1 fully saturated rings. The van der Waals surface area contributed by atoms with Gasteiger partial charge in [0.1, 0.15) is 5.82 Å². The molecule has 5 nitrogen and oxygen atoms in total. The van der Waals surface area contributed by atoms with Crippen molar-refractivity contribution in [1.29, 1.82) is 0 Å². The summed E-state index contributed by atoms with van der Waals surface area (Å²) in [5.74, 6) is 0.751. The fourth-order valence-electron chi connectivity index (χ4n) is 2.35. The number of hydrogen-bond acceptors (Lipinski definition) is 4. The van der Waals surface area contributed by atoms with Crippen LogP contribution in [-0.4, -0.2) is 29.1 Å². The highest BCUT2D eigenvalue weighted by Crippen LogP contribution is 2.25. The Hall–Kier alpha value is -1.36. The molecule has 1 aromatic rings. The van der Waals surface area contributed by atoms with Crippen LogP contribution in [0.4, 0.5) is 5.82 Å². The van der Waals surface area contributed by atoms with E-state index in [0.29, 0.717) is 12.6 Å². The number of rotatable bonds is 4. The Morgan fingerprint density at radius 2 is 2.25 bits per heavy atom. The van der Waals surface area contributed by atoms with Gasteiger partial charge in [0.25, 0.3) is 5.56 Å². The number of aromatic nitrogens is 2. The first-order valence-corrected chi connectivity index (χ1v) is 5.82. The zero-order valence-electron chi connectivity index (χ0n) is 9.35. The number of anilines is 1. The van der Waals surface area contributed by atoms with E-state index in [0.717, 1.165) is 12.4 Å². The first-order valence-electron chi connectivity index (χ1n) is 5.82. The van der Waals surface area contributed by atoms with Gasteiger partial charge in [-0.3, -0.25) is 4.79 Å². The van der Waals surface area contributed by atoms with Crippen LogP contribution in [0.2, 0.25) is 0 Å². The van der Waals surface area contributed by atoms with Crippen LogP contribution < -0.4 is 16.2 Å². The van der Waals surface area contributed by atoms with Crippen LogP contribution in [0.25, 0.3) is 0 Å². The van der Waals surface area contributed by atoms with Gasteiger partial charge < -0.3 is 15.6 Å². The van der Waals surface area contributed by atoms with Crippen molar-refractivity contribution in [3.63, 3.8) is 0 Å². The molecule has 88 valence electrons. The third kappa shape index (κ3) is 2.41. The number of nitrogens with two attached hydrogens (primary N) is 1. The number of nitrogens with one attached hydrogen (secondary N) is 1. The standard InChI is InChI=1S/C11H18N4O/c12-5-6-15(9-3-1-2-4-9)10-7-11(16)14-8-13-10/h7-9H,1-6,12H2,(H,13,14,16). The van der Waals surface area contributed by atoms with Gasteiger partial charge in [0, 0.05) is 25.2 Å². The third-order valence-electron chi connectivity index (χ3n) is 3.09. The van der Waals surface area contributed by atoms with Gasteiger partial charge in [-0.15, -0.1) is 0 Å². The summed E-state index contributed by atoms with van der Waals surface area (Å²) in [6, 6.07) is 2.05. The van der Waals surface area contributed by atoms with Gasteiger partial charge in [0.2, 0.25) is 0 Å². The number of H-pyrrole nitrogens is 1. The second kappa shape index (κ2) is 5.12. The monoisotopic (exact) mass is 222 g/mol. The summed E-state index contributed by atoms with van der Waals surface area (Å²) < 4.78 is 0. The van der Waals surface area contributed by atoms with Crippen molar-refractivity contribution in [2.75, 3.05) is 18.0 Å².